The number of carbonyl (C=O) groups excluding carboxylic acids is 1. The van der Waals surface area contributed by atoms with E-state index in [-0.39, 0.29) is 24.5 Å². The number of hydrogen-bond donors (Lipinski definition) is 1. The highest BCUT2D eigenvalue weighted by Gasteiger charge is 2.38. The second kappa shape index (κ2) is 4.32. The first-order chi connectivity index (χ1) is 6.72. The van der Waals surface area contributed by atoms with E-state index in [4.69, 9.17) is 0 Å². The summed E-state index contributed by atoms with van der Waals surface area (Å²) in [6, 6.07) is 0.00810. The second-order valence-electron chi connectivity index (χ2n) is 4.01. The second-order valence-corrected chi connectivity index (χ2v) is 5.38. The van der Waals surface area contributed by atoms with Gasteiger partial charge in [0.2, 0.25) is 5.91 Å². The fourth-order valence-electron chi connectivity index (χ4n) is 1.83. The highest BCUT2D eigenvalue weighted by Crippen LogP contribution is 2.32. The molecule has 4 nitrogen and oxygen atoms in total. The molecule has 1 unspecified atom stereocenters. The minimum absolute atomic E-state index is 0.00810. The fraction of sp³-hybridized carbons (Fsp3) is 0.889. The molecule has 2 fully saturated rings. The largest absolute Gasteiger partial charge is 0.394 e. The SMILES string of the molecule is O=C(C1CC1)N1CCN(I)CC1CO. The van der Waals surface area contributed by atoms with Gasteiger partial charge in [-0.25, -0.2) is 3.11 Å². The molecular weight excluding hydrogens is 295 g/mol. The van der Waals surface area contributed by atoms with Gasteiger partial charge in [-0.1, -0.05) is 0 Å². The van der Waals surface area contributed by atoms with Gasteiger partial charge in [-0.3, -0.25) is 4.79 Å². The van der Waals surface area contributed by atoms with Gasteiger partial charge in [0.15, 0.2) is 0 Å². The average molecular weight is 310 g/mol. The van der Waals surface area contributed by atoms with Crippen molar-refractivity contribution in [2.24, 2.45) is 5.92 Å². The number of piperazine rings is 1. The number of aliphatic hydroxyl groups excluding tert-OH is 1. The highest BCUT2D eigenvalue weighted by molar-refractivity contribution is 14.1. The first kappa shape index (κ1) is 10.6. The zero-order valence-corrected chi connectivity index (χ0v) is 10.2. The quantitative estimate of drug-likeness (QED) is 0.587. The van der Waals surface area contributed by atoms with Crippen LogP contribution in [0.1, 0.15) is 12.8 Å². The van der Waals surface area contributed by atoms with E-state index in [9.17, 15) is 9.90 Å². The van der Waals surface area contributed by atoms with E-state index in [1.54, 1.807) is 0 Å². The molecule has 0 aromatic carbocycles. The van der Waals surface area contributed by atoms with E-state index < -0.39 is 0 Å². The van der Waals surface area contributed by atoms with Crippen LogP contribution in [-0.4, -0.2) is 51.3 Å². The van der Waals surface area contributed by atoms with E-state index in [0.29, 0.717) is 0 Å². The molecule has 2 aliphatic rings. The molecule has 1 aliphatic heterocycles. The van der Waals surface area contributed by atoms with Crippen molar-refractivity contribution in [3.8, 4) is 0 Å². The van der Waals surface area contributed by atoms with Gasteiger partial charge in [0.25, 0.3) is 0 Å². The van der Waals surface area contributed by atoms with Crippen molar-refractivity contribution in [3.05, 3.63) is 0 Å². The Balaban J connectivity index is 1.97. The van der Waals surface area contributed by atoms with Gasteiger partial charge in [0.05, 0.1) is 12.6 Å². The standard InChI is InChI=1S/C9H15IN2O2/c10-11-3-4-12(8(5-11)6-13)9(14)7-1-2-7/h7-8,13H,1-6H2. The molecule has 1 saturated carbocycles. The van der Waals surface area contributed by atoms with Gasteiger partial charge >= 0.3 is 0 Å². The summed E-state index contributed by atoms with van der Waals surface area (Å²) >= 11 is 2.25. The zero-order chi connectivity index (χ0) is 10.1. The lowest BCUT2D eigenvalue weighted by atomic mass is 10.2. The number of rotatable bonds is 2. The van der Waals surface area contributed by atoms with Crippen molar-refractivity contribution in [3.63, 3.8) is 0 Å². The van der Waals surface area contributed by atoms with Crippen LogP contribution in [0.4, 0.5) is 0 Å². The van der Waals surface area contributed by atoms with Crippen LogP contribution in [0.2, 0.25) is 0 Å². The number of nitrogens with zero attached hydrogens (tertiary/aromatic N) is 2. The van der Waals surface area contributed by atoms with E-state index in [1.165, 1.54) is 0 Å². The van der Waals surface area contributed by atoms with E-state index in [1.807, 2.05) is 4.90 Å². The number of amides is 1. The van der Waals surface area contributed by atoms with E-state index in [0.717, 1.165) is 32.5 Å². The Hall–Kier alpha value is 0.120. The molecule has 0 aromatic rings. The van der Waals surface area contributed by atoms with Crippen LogP contribution in [0, 0.1) is 5.92 Å². The predicted molar refractivity (Wildman–Crippen MR) is 60.9 cm³/mol. The first-order valence-electron chi connectivity index (χ1n) is 5.04. The number of carbonyl (C=O) groups is 1. The van der Waals surface area contributed by atoms with Gasteiger partial charge in [-0.05, 0) is 12.8 Å². The molecule has 1 amide bonds. The van der Waals surface area contributed by atoms with Crippen LogP contribution in [0.15, 0.2) is 0 Å². The van der Waals surface area contributed by atoms with Crippen LogP contribution < -0.4 is 0 Å². The molecule has 2 rings (SSSR count). The van der Waals surface area contributed by atoms with Gasteiger partial charge in [-0.15, -0.1) is 0 Å². The molecule has 14 heavy (non-hydrogen) atoms. The van der Waals surface area contributed by atoms with Crippen molar-refractivity contribution in [2.45, 2.75) is 18.9 Å². The maximum absolute atomic E-state index is 11.8. The lowest BCUT2D eigenvalue weighted by Gasteiger charge is -2.38. The Kier molecular flexibility index (Phi) is 3.28. The van der Waals surface area contributed by atoms with Crippen molar-refractivity contribution >= 4 is 28.8 Å². The summed E-state index contributed by atoms with van der Waals surface area (Å²) in [4.78, 5) is 13.7. The molecule has 0 radical (unpaired) electrons. The molecule has 1 atom stereocenters. The van der Waals surface area contributed by atoms with E-state index in [2.05, 4.69) is 26.0 Å². The number of hydrogen-bond acceptors (Lipinski definition) is 3. The number of aliphatic hydroxyl groups is 1. The van der Waals surface area contributed by atoms with Crippen LogP contribution in [0.25, 0.3) is 0 Å². The summed E-state index contributed by atoms with van der Waals surface area (Å²) in [6.45, 7) is 2.55. The Morgan fingerprint density at radius 1 is 1.43 bits per heavy atom. The summed E-state index contributed by atoms with van der Waals surface area (Å²) < 4.78 is 2.13. The summed E-state index contributed by atoms with van der Waals surface area (Å²) in [5.41, 5.74) is 0. The predicted octanol–water partition coefficient (Wildman–Crippen LogP) is 0.252. The molecule has 1 aliphatic carbocycles. The van der Waals surface area contributed by atoms with Crippen LogP contribution in [0.3, 0.4) is 0 Å². The molecule has 80 valence electrons. The van der Waals surface area contributed by atoms with Crippen molar-refractivity contribution in [1.82, 2.24) is 8.01 Å². The van der Waals surface area contributed by atoms with Crippen LogP contribution in [0.5, 0.6) is 0 Å². The zero-order valence-electron chi connectivity index (χ0n) is 8.03. The van der Waals surface area contributed by atoms with Crippen molar-refractivity contribution in [2.75, 3.05) is 26.2 Å². The highest BCUT2D eigenvalue weighted by atomic mass is 127. The van der Waals surface area contributed by atoms with Gasteiger partial charge in [0.1, 0.15) is 0 Å². The number of halogens is 1. The Bertz CT molecular complexity index is 233. The van der Waals surface area contributed by atoms with Gasteiger partial charge < -0.3 is 10.0 Å². The minimum Gasteiger partial charge on any atom is -0.394 e. The normalized spacial score (nSPS) is 29.3. The summed E-state index contributed by atoms with van der Waals surface area (Å²) in [7, 11) is 0. The molecule has 1 heterocycles. The van der Waals surface area contributed by atoms with Crippen LogP contribution >= 0.6 is 22.9 Å². The van der Waals surface area contributed by atoms with Crippen LogP contribution in [-0.2, 0) is 4.79 Å². The maximum Gasteiger partial charge on any atom is 0.226 e. The third kappa shape index (κ3) is 2.20. The summed E-state index contributed by atoms with van der Waals surface area (Å²) in [5.74, 6) is 0.526. The summed E-state index contributed by atoms with van der Waals surface area (Å²) in [6.07, 6.45) is 2.09. The molecule has 0 aromatic heterocycles. The molecule has 0 bridgehead atoms. The van der Waals surface area contributed by atoms with Crippen molar-refractivity contribution in [1.29, 1.82) is 0 Å². The maximum atomic E-state index is 11.8. The smallest absolute Gasteiger partial charge is 0.226 e. The van der Waals surface area contributed by atoms with Gasteiger partial charge in [-0.2, -0.15) is 0 Å². The minimum atomic E-state index is 0.00810. The lowest BCUT2D eigenvalue weighted by Crippen LogP contribution is -2.54. The third-order valence-electron chi connectivity index (χ3n) is 2.85. The van der Waals surface area contributed by atoms with Gasteiger partial charge in [0, 0.05) is 48.4 Å². The summed E-state index contributed by atoms with van der Waals surface area (Å²) in [5, 5.41) is 9.21. The lowest BCUT2D eigenvalue weighted by molar-refractivity contribution is -0.137. The molecule has 1 saturated heterocycles. The molecule has 1 N–H and O–H groups in total. The Morgan fingerprint density at radius 3 is 2.71 bits per heavy atom. The molecular formula is C9H15IN2O2. The van der Waals surface area contributed by atoms with Crippen molar-refractivity contribution < 1.29 is 9.90 Å². The first-order valence-corrected chi connectivity index (χ1v) is 6.01. The Morgan fingerprint density at radius 2 is 2.14 bits per heavy atom. The molecule has 5 heteroatoms. The Labute approximate surface area is 97.7 Å². The monoisotopic (exact) mass is 310 g/mol. The third-order valence-corrected chi connectivity index (χ3v) is 3.73. The topological polar surface area (TPSA) is 43.8 Å². The fourth-order valence-corrected chi connectivity index (χ4v) is 2.50. The van der Waals surface area contributed by atoms with E-state index >= 15 is 0 Å². The molecule has 0 spiro atoms. The average Bonchev–Trinajstić information content (AvgIpc) is 3.00.